The summed E-state index contributed by atoms with van der Waals surface area (Å²) in [6.07, 6.45) is 2.44. The number of pyridine rings is 1. The van der Waals surface area contributed by atoms with E-state index < -0.39 is 49.1 Å². The summed E-state index contributed by atoms with van der Waals surface area (Å²) < 4.78 is 64.1. The van der Waals surface area contributed by atoms with E-state index in [2.05, 4.69) is 25.3 Å². The number of methoxy groups -OCH3 is 1. The van der Waals surface area contributed by atoms with E-state index in [-0.39, 0.29) is 28.0 Å². The third-order valence-electron chi connectivity index (χ3n) is 4.87. The summed E-state index contributed by atoms with van der Waals surface area (Å²) in [6.45, 7) is 0. The molecule has 0 bridgehead atoms. The van der Waals surface area contributed by atoms with Crippen molar-refractivity contribution in [2.24, 2.45) is 7.05 Å². The van der Waals surface area contributed by atoms with Gasteiger partial charge in [-0.3, -0.25) is 14.1 Å². The smallest absolute Gasteiger partial charge is 0.278 e. The lowest BCUT2D eigenvalue weighted by Gasteiger charge is -2.14. The number of aromatic nitrogens is 5. The molecular weight excluding hydrogens is 508 g/mol. The van der Waals surface area contributed by atoms with Gasteiger partial charge < -0.3 is 10.1 Å². The van der Waals surface area contributed by atoms with E-state index in [4.69, 9.17) is 16.3 Å². The lowest BCUT2D eigenvalue weighted by Crippen LogP contribution is -2.23. The molecule has 182 valence electrons. The van der Waals surface area contributed by atoms with Crippen LogP contribution in [0.3, 0.4) is 0 Å². The SMILES string of the molecule is CNc1ncc2nc(-c3c(F)ccc(NS(=O)(=O)c4cc(Cl)cnc4OC)c3F)c(=O)n(C)c2n1. The highest BCUT2D eigenvalue weighted by Gasteiger charge is 2.27. The molecule has 0 atom stereocenters. The number of nitrogens with zero attached hydrogens (tertiary/aromatic N) is 5. The fraction of sp³-hybridized carbons (Fsp3) is 0.150. The van der Waals surface area contributed by atoms with Crippen LogP contribution in [0.1, 0.15) is 0 Å². The van der Waals surface area contributed by atoms with Crippen LogP contribution in [-0.4, -0.2) is 47.1 Å². The van der Waals surface area contributed by atoms with Crippen LogP contribution < -0.4 is 20.3 Å². The molecule has 3 heterocycles. The Labute approximate surface area is 201 Å². The van der Waals surface area contributed by atoms with Gasteiger partial charge in [-0.1, -0.05) is 11.6 Å². The molecule has 35 heavy (non-hydrogen) atoms. The van der Waals surface area contributed by atoms with Crippen LogP contribution in [0.2, 0.25) is 5.02 Å². The predicted octanol–water partition coefficient (Wildman–Crippen LogP) is 2.57. The van der Waals surface area contributed by atoms with Crippen LogP contribution in [0.15, 0.2) is 40.3 Å². The number of rotatable bonds is 6. The number of ether oxygens (including phenoxy) is 1. The van der Waals surface area contributed by atoms with E-state index in [1.54, 1.807) is 7.05 Å². The normalized spacial score (nSPS) is 11.5. The molecule has 2 N–H and O–H groups in total. The average Bonchev–Trinajstić information content (AvgIpc) is 2.83. The van der Waals surface area contributed by atoms with E-state index in [0.29, 0.717) is 0 Å². The molecule has 3 aromatic heterocycles. The fourth-order valence-electron chi connectivity index (χ4n) is 3.20. The first-order valence-corrected chi connectivity index (χ1v) is 11.6. The summed E-state index contributed by atoms with van der Waals surface area (Å²) in [5.41, 5.74) is -2.73. The van der Waals surface area contributed by atoms with Crippen molar-refractivity contribution in [3.8, 4) is 17.1 Å². The minimum Gasteiger partial charge on any atom is -0.480 e. The molecule has 0 saturated carbocycles. The Morgan fingerprint density at radius 2 is 1.89 bits per heavy atom. The molecule has 0 radical (unpaired) electrons. The number of aryl methyl sites for hydroxylation is 1. The first-order chi connectivity index (χ1) is 16.6. The molecule has 4 rings (SSSR count). The Morgan fingerprint density at radius 1 is 1.14 bits per heavy atom. The Morgan fingerprint density at radius 3 is 2.57 bits per heavy atom. The molecule has 4 aromatic rings. The van der Waals surface area contributed by atoms with Crippen molar-refractivity contribution in [1.29, 1.82) is 0 Å². The molecule has 0 fully saturated rings. The van der Waals surface area contributed by atoms with Gasteiger partial charge in [0.1, 0.15) is 17.0 Å². The quantitative estimate of drug-likeness (QED) is 0.390. The van der Waals surface area contributed by atoms with Gasteiger partial charge >= 0.3 is 0 Å². The summed E-state index contributed by atoms with van der Waals surface area (Å²) in [6, 6.07) is 2.72. The standard InChI is InChI=1S/C20H16ClF2N7O4S/c1-24-20-26-8-12-17(28-20)30(2)19(31)16(27-12)14-10(22)4-5-11(15(14)23)29-35(32,33)13-6-9(21)7-25-18(13)34-3/h4-8,29H,1-3H3,(H,24,26,28). The maximum Gasteiger partial charge on any atom is 0.278 e. The number of anilines is 2. The Kier molecular flexibility index (Phi) is 6.25. The van der Waals surface area contributed by atoms with Gasteiger partial charge in [-0.2, -0.15) is 4.98 Å². The predicted molar refractivity (Wildman–Crippen MR) is 124 cm³/mol. The molecule has 1 aromatic carbocycles. The van der Waals surface area contributed by atoms with Crippen molar-refractivity contribution >= 4 is 44.4 Å². The molecular formula is C20H16ClF2N7O4S. The van der Waals surface area contributed by atoms with E-state index in [1.807, 2.05) is 4.72 Å². The number of halogens is 3. The van der Waals surface area contributed by atoms with Gasteiger partial charge in [0, 0.05) is 20.3 Å². The number of benzene rings is 1. The number of hydrogen-bond donors (Lipinski definition) is 2. The lowest BCUT2D eigenvalue weighted by atomic mass is 10.1. The second kappa shape index (κ2) is 9.03. The molecule has 0 saturated heterocycles. The summed E-state index contributed by atoms with van der Waals surface area (Å²) in [4.78, 5) is 28.4. The van der Waals surface area contributed by atoms with Gasteiger partial charge in [-0.25, -0.2) is 32.2 Å². The van der Waals surface area contributed by atoms with E-state index in [0.717, 1.165) is 22.8 Å². The number of sulfonamides is 1. The van der Waals surface area contributed by atoms with Gasteiger partial charge in [-0.15, -0.1) is 0 Å². The number of nitrogens with one attached hydrogen (secondary N) is 2. The zero-order valence-electron chi connectivity index (χ0n) is 18.3. The first-order valence-electron chi connectivity index (χ1n) is 9.69. The van der Waals surface area contributed by atoms with Crippen molar-refractivity contribution in [1.82, 2.24) is 24.5 Å². The van der Waals surface area contributed by atoms with Crippen LogP contribution in [-0.2, 0) is 17.1 Å². The van der Waals surface area contributed by atoms with Crippen LogP contribution in [0.5, 0.6) is 5.88 Å². The van der Waals surface area contributed by atoms with E-state index in [1.165, 1.54) is 26.6 Å². The number of hydrogen-bond acceptors (Lipinski definition) is 9. The first kappa shape index (κ1) is 24.2. The Balaban J connectivity index is 1.87. The maximum atomic E-state index is 15.5. The van der Waals surface area contributed by atoms with Crippen LogP contribution in [0.25, 0.3) is 22.4 Å². The van der Waals surface area contributed by atoms with Crippen molar-refractivity contribution in [2.75, 3.05) is 24.2 Å². The zero-order valence-corrected chi connectivity index (χ0v) is 19.9. The van der Waals surface area contributed by atoms with E-state index in [9.17, 15) is 17.6 Å². The van der Waals surface area contributed by atoms with Crippen LogP contribution >= 0.6 is 11.6 Å². The molecule has 0 aliphatic carbocycles. The molecule has 0 unspecified atom stereocenters. The second-order valence-corrected chi connectivity index (χ2v) is 9.11. The van der Waals surface area contributed by atoms with Crippen LogP contribution in [0.4, 0.5) is 20.4 Å². The average molecular weight is 524 g/mol. The highest BCUT2D eigenvalue weighted by Crippen LogP contribution is 2.32. The minimum absolute atomic E-state index is 0.0149. The number of fused-ring (bicyclic) bond motifs is 1. The third-order valence-corrected chi connectivity index (χ3v) is 6.44. The van der Waals surface area contributed by atoms with E-state index >= 15 is 4.39 Å². The van der Waals surface area contributed by atoms with Gasteiger partial charge in [0.25, 0.3) is 15.6 Å². The van der Waals surface area contributed by atoms with Crippen molar-refractivity contribution in [3.63, 3.8) is 0 Å². The molecule has 15 heteroatoms. The molecule has 0 aliphatic rings. The third kappa shape index (κ3) is 4.33. The van der Waals surface area contributed by atoms with Crippen molar-refractivity contribution < 1.29 is 21.9 Å². The Bertz CT molecular complexity index is 1650. The molecule has 0 aliphatic heterocycles. The fourth-order valence-corrected chi connectivity index (χ4v) is 4.63. The highest BCUT2D eigenvalue weighted by atomic mass is 35.5. The molecule has 11 nitrogen and oxygen atoms in total. The lowest BCUT2D eigenvalue weighted by molar-refractivity contribution is 0.385. The Hall–Kier alpha value is -3.91. The van der Waals surface area contributed by atoms with Crippen molar-refractivity contribution in [2.45, 2.75) is 4.90 Å². The van der Waals surface area contributed by atoms with Gasteiger partial charge in [0.15, 0.2) is 16.4 Å². The van der Waals surface area contributed by atoms with Gasteiger partial charge in [0.05, 0.1) is 29.6 Å². The maximum absolute atomic E-state index is 15.5. The summed E-state index contributed by atoms with van der Waals surface area (Å²) in [5.74, 6) is -2.58. The highest BCUT2D eigenvalue weighted by molar-refractivity contribution is 7.92. The second-order valence-electron chi connectivity index (χ2n) is 7.03. The summed E-state index contributed by atoms with van der Waals surface area (Å²) in [5, 5.41) is 2.70. The zero-order chi connectivity index (χ0) is 25.5. The van der Waals surface area contributed by atoms with Crippen molar-refractivity contribution in [3.05, 3.63) is 57.6 Å². The monoisotopic (exact) mass is 523 g/mol. The topological polar surface area (TPSA) is 141 Å². The van der Waals surface area contributed by atoms with Gasteiger partial charge in [-0.05, 0) is 18.2 Å². The summed E-state index contributed by atoms with van der Waals surface area (Å²) in [7, 11) is -0.371. The molecule has 0 amide bonds. The van der Waals surface area contributed by atoms with Crippen LogP contribution in [0, 0.1) is 11.6 Å². The van der Waals surface area contributed by atoms with Gasteiger partial charge in [0.2, 0.25) is 11.8 Å². The minimum atomic E-state index is -4.49. The largest absolute Gasteiger partial charge is 0.480 e. The summed E-state index contributed by atoms with van der Waals surface area (Å²) >= 11 is 5.85. The molecule has 0 spiro atoms.